The SMILES string of the molecule is CCCCCc1ccc(O)cc1.CCCCCc1ccc(OC(=O)CCCCCC(=O)Oc2ccc(-c3ccc(C#N)cc3)c(F)c2)cc1.N#Cc1ccc(-c2ccc(O)cc2F)cc1.N#Cc1ccc(-c2ccc(OC(=O)CCCCCC(=O)O)cc2F)cc1.N#Cc1ccc(B(O)O)cc1.O=C(O)CCCCCC(=O)O.Oc1ccc(Br)c(F)c1. The van der Waals surface area contributed by atoms with Gasteiger partial charge in [0.15, 0.2) is 0 Å². The van der Waals surface area contributed by atoms with Crippen molar-refractivity contribution in [1.82, 2.24) is 0 Å². The average Bonchev–Trinajstić information content (AvgIpc) is 0.836. The molecule has 10 aromatic rings. The second-order valence-corrected chi connectivity index (χ2v) is 28.1. The number of carbonyl (C=O) groups excluding carboxylic acids is 3. The highest BCUT2D eigenvalue weighted by Gasteiger charge is 2.16. The number of rotatable bonds is 33. The molecular weight excluding hydrogens is 1640 g/mol. The van der Waals surface area contributed by atoms with Gasteiger partial charge in [0, 0.05) is 79.5 Å². The van der Waals surface area contributed by atoms with Crippen LogP contribution in [0.15, 0.2) is 223 Å². The number of aryl methyl sites for hydroxylation is 2. The second-order valence-electron chi connectivity index (χ2n) is 27.2. The summed E-state index contributed by atoms with van der Waals surface area (Å²) in [5, 5.41) is 104. The van der Waals surface area contributed by atoms with Crippen molar-refractivity contribution < 1.29 is 101 Å². The quantitative estimate of drug-likeness (QED) is 0.00622. The fraction of sp³-hybridized carbons (Fsp3) is 0.263. The number of hydrogen-bond donors (Lipinski definition) is 8. The first-order valence-corrected chi connectivity index (χ1v) is 40.1. The smallest absolute Gasteiger partial charge is 0.488 e. The van der Waals surface area contributed by atoms with Gasteiger partial charge < -0.3 is 54.9 Å². The number of benzene rings is 10. The van der Waals surface area contributed by atoms with Crippen LogP contribution in [0.25, 0.3) is 33.4 Å². The van der Waals surface area contributed by atoms with E-state index in [1.54, 1.807) is 97.1 Å². The molecule has 0 aliphatic heterocycles. The van der Waals surface area contributed by atoms with Gasteiger partial charge in [-0.1, -0.05) is 132 Å². The summed E-state index contributed by atoms with van der Waals surface area (Å²) in [7, 11) is -1.46. The predicted octanol–water partition coefficient (Wildman–Crippen LogP) is 20.7. The van der Waals surface area contributed by atoms with E-state index < -0.39 is 60.2 Å². The third-order valence-electron chi connectivity index (χ3n) is 17.6. The van der Waals surface area contributed by atoms with Crippen LogP contribution in [-0.4, -0.2) is 83.6 Å². The van der Waals surface area contributed by atoms with Gasteiger partial charge in [-0.25, -0.2) is 17.6 Å². The van der Waals surface area contributed by atoms with Gasteiger partial charge in [-0.2, -0.15) is 21.0 Å². The lowest BCUT2D eigenvalue weighted by molar-refractivity contribution is -0.138. The van der Waals surface area contributed by atoms with Crippen molar-refractivity contribution >= 4 is 64.3 Å². The number of aliphatic carboxylic acids is 3. The first-order chi connectivity index (χ1) is 58.6. The molecular formula is C95H96BBrF4N4O17. The Balaban J connectivity index is 0.000000320. The summed E-state index contributed by atoms with van der Waals surface area (Å²) in [6, 6.07) is 65.2. The number of nitrogens with zero attached hydrogens (tertiary/aromatic N) is 4. The number of phenols is 3. The van der Waals surface area contributed by atoms with Crippen LogP contribution >= 0.6 is 15.9 Å². The summed E-state index contributed by atoms with van der Waals surface area (Å²) >= 11 is 2.94. The first kappa shape index (κ1) is 101. The van der Waals surface area contributed by atoms with Crippen molar-refractivity contribution in [3.63, 3.8) is 0 Å². The number of hydrogen-bond acceptors (Lipinski definition) is 18. The number of esters is 3. The zero-order valence-electron chi connectivity index (χ0n) is 67.6. The highest BCUT2D eigenvalue weighted by atomic mass is 79.9. The molecule has 0 unspecified atom stereocenters. The summed E-state index contributed by atoms with van der Waals surface area (Å²) in [5.41, 5.74) is 8.02. The highest BCUT2D eigenvalue weighted by molar-refractivity contribution is 9.10. The molecule has 122 heavy (non-hydrogen) atoms. The Kier molecular flexibility index (Phi) is 47.7. The van der Waals surface area contributed by atoms with Crippen molar-refractivity contribution in [1.29, 1.82) is 21.0 Å². The average molecular weight is 1730 g/mol. The fourth-order valence-electron chi connectivity index (χ4n) is 11.0. The molecule has 0 fully saturated rings. The number of unbranched alkanes of at least 4 members (excludes halogenated alkanes) is 10. The number of nitriles is 4. The fourth-order valence-corrected chi connectivity index (χ4v) is 11.2. The minimum Gasteiger partial charge on any atom is -0.508 e. The lowest BCUT2D eigenvalue weighted by atomic mass is 9.80. The molecule has 10 aromatic carbocycles. The lowest BCUT2D eigenvalue weighted by Crippen LogP contribution is -2.29. The Hall–Kier alpha value is -13.4. The van der Waals surface area contributed by atoms with Crippen LogP contribution < -0.4 is 19.7 Å². The summed E-state index contributed by atoms with van der Waals surface area (Å²) in [6.07, 6.45) is 15.8. The van der Waals surface area contributed by atoms with E-state index in [9.17, 15) is 46.3 Å². The van der Waals surface area contributed by atoms with Crippen molar-refractivity contribution in [3.8, 4) is 92.2 Å². The third kappa shape index (κ3) is 41.8. The van der Waals surface area contributed by atoms with Crippen molar-refractivity contribution in [3.05, 3.63) is 280 Å². The molecule has 10 rings (SSSR count). The van der Waals surface area contributed by atoms with Gasteiger partial charge in [0.05, 0.1) is 51.0 Å². The zero-order valence-corrected chi connectivity index (χ0v) is 69.1. The molecule has 0 heterocycles. The van der Waals surface area contributed by atoms with E-state index in [0.717, 1.165) is 37.5 Å². The van der Waals surface area contributed by atoms with Gasteiger partial charge in [0.2, 0.25) is 0 Å². The highest BCUT2D eigenvalue weighted by Crippen LogP contribution is 2.31. The van der Waals surface area contributed by atoms with Crippen molar-refractivity contribution in [2.75, 3.05) is 0 Å². The minimum atomic E-state index is -1.46. The largest absolute Gasteiger partial charge is 0.508 e. The monoisotopic (exact) mass is 1730 g/mol. The number of ether oxygens (including phenoxy) is 3. The van der Waals surface area contributed by atoms with Crippen molar-refractivity contribution in [2.24, 2.45) is 0 Å². The third-order valence-corrected chi connectivity index (χ3v) is 18.2. The van der Waals surface area contributed by atoms with Crippen LogP contribution in [0.2, 0.25) is 0 Å². The number of phenolic OH excluding ortho intramolecular Hbond substituents is 3. The van der Waals surface area contributed by atoms with Crippen LogP contribution in [0.1, 0.15) is 182 Å². The van der Waals surface area contributed by atoms with Gasteiger partial charge in [0.1, 0.15) is 57.8 Å². The Bertz CT molecular complexity index is 5080. The number of carboxylic acids is 3. The Morgan fingerprint density at radius 3 is 0.926 bits per heavy atom. The predicted molar refractivity (Wildman–Crippen MR) is 458 cm³/mol. The molecule has 0 aromatic heterocycles. The molecule has 0 amide bonds. The van der Waals surface area contributed by atoms with E-state index in [4.69, 9.17) is 75.9 Å². The molecule has 0 saturated carbocycles. The van der Waals surface area contributed by atoms with Crippen LogP contribution in [-0.2, 0) is 41.6 Å². The topological polar surface area (TPSA) is 387 Å². The van der Waals surface area contributed by atoms with E-state index in [2.05, 4.69) is 29.8 Å². The molecule has 0 radical (unpaired) electrons. The molecule has 0 atom stereocenters. The summed E-state index contributed by atoms with van der Waals surface area (Å²) in [6.45, 7) is 4.38. The standard InChI is InChI=1S/C31H32FNO4.C20H18FNO4.C13H8FNO.C11H16O.C7H6BNO2.C7H12O4.C6H4BrFO/c1-2-3-5-8-23-13-17-26(18-14-23)36-30(34)9-6-4-7-10-31(35)37-27-19-20-28(29(32)21-27)25-15-11-24(22-33)12-16-25;21-18-12-16(26-20(25)5-3-1-2-4-19(23)24)10-11-17(18)15-8-6-14(13-22)7-9-15;14-13-7-11(16)5-6-12(13)10-3-1-9(8-15)2-4-10;1-2-3-4-5-10-6-8-11(12)9-7-10;9-5-6-1-3-7(4-2-6)8(10)11;8-6(9)4-2-1-3-5-7(10)11;7-5-2-1-4(9)3-6(5)8/h11-21H,2-10H2,1H3;6-12H,1-5H2,(H,23,24);1-7,16H;6-9,12H,2-5H2,1H3;1-4,10-11H;1-5H2,(H,8,9)(H,10,11);1-3,9H. The van der Waals surface area contributed by atoms with Gasteiger partial charge in [-0.3, -0.25) is 28.8 Å². The van der Waals surface area contributed by atoms with Gasteiger partial charge in [-0.05, 0) is 235 Å². The van der Waals surface area contributed by atoms with Crippen LogP contribution in [0.5, 0.6) is 34.5 Å². The molecule has 0 bridgehead atoms. The number of aromatic hydroxyl groups is 3. The Labute approximate surface area is 715 Å². The molecule has 0 aliphatic rings. The summed E-state index contributed by atoms with van der Waals surface area (Å²) in [4.78, 5) is 66.3. The van der Waals surface area contributed by atoms with Crippen LogP contribution in [0.3, 0.4) is 0 Å². The summed E-state index contributed by atoms with van der Waals surface area (Å²) < 4.78 is 70.8. The van der Waals surface area contributed by atoms with E-state index in [1.807, 2.05) is 60.7 Å². The first-order valence-electron chi connectivity index (χ1n) is 39.3. The van der Waals surface area contributed by atoms with E-state index in [1.165, 1.54) is 110 Å². The molecule has 0 aliphatic carbocycles. The number of carboxylic acid groups (broad SMARTS) is 3. The van der Waals surface area contributed by atoms with Gasteiger partial charge >= 0.3 is 42.9 Å². The van der Waals surface area contributed by atoms with Crippen LogP contribution in [0.4, 0.5) is 17.6 Å². The molecule has 0 saturated heterocycles. The molecule has 636 valence electrons. The number of carbonyl (C=O) groups is 6. The van der Waals surface area contributed by atoms with Gasteiger partial charge in [-0.15, -0.1) is 0 Å². The Morgan fingerprint density at radius 2 is 0.623 bits per heavy atom. The van der Waals surface area contributed by atoms with E-state index in [0.29, 0.717) is 135 Å². The lowest BCUT2D eigenvalue weighted by Gasteiger charge is -2.08. The van der Waals surface area contributed by atoms with Gasteiger partial charge in [0.25, 0.3) is 0 Å². The normalized spacial score (nSPS) is 9.98. The molecule has 8 N–H and O–H groups in total. The molecule has 0 spiro atoms. The maximum Gasteiger partial charge on any atom is 0.488 e. The zero-order chi connectivity index (χ0) is 89.6. The van der Waals surface area contributed by atoms with E-state index in [-0.39, 0.29) is 67.5 Å². The Morgan fingerprint density at radius 1 is 0.336 bits per heavy atom. The molecule has 27 heteroatoms. The summed E-state index contributed by atoms with van der Waals surface area (Å²) in [5.74, 6) is -4.69. The van der Waals surface area contributed by atoms with E-state index >= 15 is 0 Å². The minimum absolute atomic E-state index is 0.0595. The maximum atomic E-state index is 14.5. The van der Waals surface area contributed by atoms with Crippen LogP contribution in [0, 0.1) is 68.6 Å². The maximum absolute atomic E-state index is 14.5. The molecule has 21 nitrogen and oxygen atoms in total. The van der Waals surface area contributed by atoms with Crippen molar-refractivity contribution in [2.45, 2.75) is 162 Å². The second kappa shape index (κ2) is 57.6. The number of halogens is 5.